The molecule has 17 heavy (non-hydrogen) atoms. The van der Waals surface area contributed by atoms with Crippen LogP contribution in [-0.2, 0) is 0 Å². The number of aliphatic imine (C=N–C) groups is 1. The molecule has 2 aliphatic rings. The van der Waals surface area contributed by atoms with Crippen molar-refractivity contribution >= 4 is 12.2 Å². The van der Waals surface area contributed by atoms with Crippen LogP contribution in [0.3, 0.4) is 0 Å². The highest BCUT2D eigenvalue weighted by Gasteiger charge is 2.41. The molecule has 0 radical (unpaired) electrons. The van der Waals surface area contributed by atoms with Crippen molar-refractivity contribution in [2.75, 3.05) is 0 Å². The molecule has 0 fully saturated rings. The molecule has 0 aromatic heterocycles. The highest BCUT2D eigenvalue weighted by Crippen LogP contribution is 2.36. The number of rotatable bonds is 2. The molecule has 0 spiro atoms. The Balaban J connectivity index is 0.00000144. The van der Waals surface area contributed by atoms with Gasteiger partial charge >= 0.3 is 0 Å². The maximum absolute atomic E-state index is 8.00. The SMILES string of the molecule is C.CC(C)C1=CN(C(C)C)C2N=CNC(=N)C12. The van der Waals surface area contributed by atoms with Gasteiger partial charge in [0.25, 0.3) is 0 Å². The fourth-order valence-electron chi connectivity index (χ4n) is 2.39. The van der Waals surface area contributed by atoms with Crippen molar-refractivity contribution in [3.8, 4) is 0 Å². The first kappa shape index (κ1) is 13.7. The van der Waals surface area contributed by atoms with E-state index < -0.39 is 0 Å². The summed E-state index contributed by atoms with van der Waals surface area (Å²) in [6.45, 7) is 8.69. The Kier molecular flexibility index (Phi) is 3.96. The number of hydrogen-bond acceptors (Lipinski definition) is 3. The fourth-order valence-corrected chi connectivity index (χ4v) is 2.39. The quantitative estimate of drug-likeness (QED) is 0.773. The molecule has 0 aliphatic carbocycles. The van der Waals surface area contributed by atoms with E-state index in [0.29, 0.717) is 17.8 Å². The molecule has 2 unspecified atom stereocenters. The molecule has 4 nitrogen and oxygen atoms in total. The minimum absolute atomic E-state index is 0. The normalized spacial score (nSPS) is 26.8. The lowest BCUT2D eigenvalue weighted by atomic mass is 9.89. The zero-order chi connectivity index (χ0) is 11.9. The van der Waals surface area contributed by atoms with E-state index in [0.717, 1.165) is 0 Å². The van der Waals surface area contributed by atoms with Crippen LogP contribution in [0.15, 0.2) is 16.8 Å². The molecule has 2 rings (SSSR count). The molecule has 2 aliphatic heterocycles. The van der Waals surface area contributed by atoms with Gasteiger partial charge in [-0.3, -0.25) is 5.41 Å². The Morgan fingerprint density at radius 3 is 2.53 bits per heavy atom. The van der Waals surface area contributed by atoms with E-state index in [1.807, 2.05) is 0 Å². The second kappa shape index (κ2) is 4.90. The van der Waals surface area contributed by atoms with Crippen molar-refractivity contribution < 1.29 is 0 Å². The van der Waals surface area contributed by atoms with Gasteiger partial charge in [0, 0.05) is 12.2 Å². The van der Waals surface area contributed by atoms with Gasteiger partial charge in [-0.1, -0.05) is 21.3 Å². The number of nitrogens with one attached hydrogen (secondary N) is 2. The molecule has 0 aromatic rings. The van der Waals surface area contributed by atoms with Gasteiger partial charge in [-0.25, -0.2) is 4.99 Å². The third-order valence-corrected chi connectivity index (χ3v) is 3.28. The standard InChI is InChI=1S/C12H20N4.CH4/c1-7(2)9-5-16(8(3)4)12-10(9)11(13)14-6-15-12;/h5-8,10,12H,1-4H3,(H2,13,14,15);1H4. The molecule has 2 heterocycles. The molecule has 0 aromatic carbocycles. The second-order valence-corrected chi connectivity index (χ2v) is 5.05. The minimum Gasteiger partial charge on any atom is -0.353 e. The summed E-state index contributed by atoms with van der Waals surface area (Å²) in [6.07, 6.45) is 3.94. The monoisotopic (exact) mass is 236 g/mol. The Hall–Kier alpha value is -1.32. The number of nitrogens with zero attached hydrogens (tertiary/aromatic N) is 2. The summed E-state index contributed by atoms with van der Waals surface area (Å²) in [6, 6.07) is 0.423. The number of hydrogen-bond donors (Lipinski definition) is 2. The fraction of sp³-hybridized carbons (Fsp3) is 0.692. The third-order valence-electron chi connectivity index (χ3n) is 3.28. The van der Waals surface area contributed by atoms with E-state index >= 15 is 0 Å². The lowest BCUT2D eigenvalue weighted by Gasteiger charge is -2.32. The summed E-state index contributed by atoms with van der Waals surface area (Å²) in [5.74, 6) is 1.15. The van der Waals surface area contributed by atoms with Crippen LogP contribution >= 0.6 is 0 Å². The van der Waals surface area contributed by atoms with Gasteiger partial charge in [0.1, 0.15) is 12.0 Å². The third kappa shape index (κ3) is 2.21. The summed E-state index contributed by atoms with van der Waals surface area (Å²) in [5, 5.41) is 10.9. The molecule has 0 saturated heterocycles. The zero-order valence-electron chi connectivity index (χ0n) is 10.4. The highest BCUT2D eigenvalue weighted by molar-refractivity contribution is 5.95. The van der Waals surface area contributed by atoms with Crippen molar-refractivity contribution in [2.24, 2.45) is 16.8 Å². The minimum atomic E-state index is 0. The number of amidine groups is 1. The van der Waals surface area contributed by atoms with Crippen LogP contribution in [0.1, 0.15) is 35.1 Å². The molecular formula is C13H24N4. The molecule has 0 saturated carbocycles. The molecule has 2 N–H and O–H groups in total. The first-order valence-electron chi connectivity index (χ1n) is 5.88. The Labute approximate surface area is 104 Å². The van der Waals surface area contributed by atoms with Crippen LogP contribution in [0.2, 0.25) is 0 Å². The number of fused-ring (bicyclic) bond motifs is 1. The zero-order valence-corrected chi connectivity index (χ0v) is 10.4. The molecule has 0 amide bonds. The van der Waals surface area contributed by atoms with E-state index in [-0.39, 0.29) is 19.5 Å². The smallest absolute Gasteiger partial charge is 0.136 e. The predicted octanol–water partition coefficient (Wildman–Crippen LogP) is 2.44. The largest absolute Gasteiger partial charge is 0.353 e. The van der Waals surface area contributed by atoms with Gasteiger partial charge < -0.3 is 10.2 Å². The van der Waals surface area contributed by atoms with Crippen molar-refractivity contribution in [1.82, 2.24) is 10.2 Å². The molecule has 4 heteroatoms. The van der Waals surface area contributed by atoms with E-state index in [2.05, 4.69) is 49.1 Å². The Bertz CT molecular complexity index is 354. The van der Waals surface area contributed by atoms with Gasteiger partial charge in [-0.05, 0) is 25.3 Å². The summed E-state index contributed by atoms with van der Waals surface area (Å²) >= 11 is 0. The Morgan fingerprint density at radius 1 is 1.35 bits per heavy atom. The van der Waals surface area contributed by atoms with Crippen molar-refractivity contribution in [2.45, 2.75) is 47.3 Å². The summed E-state index contributed by atoms with van der Waals surface area (Å²) < 4.78 is 0. The summed E-state index contributed by atoms with van der Waals surface area (Å²) in [7, 11) is 0. The maximum Gasteiger partial charge on any atom is 0.136 e. The van der Waals surface area contributed by atoms with Crippen LogP contribution in [0.4, 0.5) is 0 Å². The van der Waals surface area contributed by atoms with Gasteiger partial charge in [0.2, 0.25) is 0 Å². The van der Waals surface area contributed by atoms with Gasteiger partial charge in [-0.15, -0.1) is 0 Å². The van der Waals surface area contributed by atoms with Crippen molar-refractivity contribution in [3.05, 3.63) is 11.8 Å². The van der Waals surface area contributed by atoms with Crippen molar-refractivity contribution in [3.63, 3.8) is 0 Å². The van der Waals surface area contributed by atoms with E-state index in [9.17, 15) is 0 Å². The molecule has 2 atom stereocenters. The van der Waals surface area contributed by atoms with E-state index in [4.69, 9.17) is 5.41 Å². The Morgan fingerprint density at radius 2 is 2.00 bits per heavy atom. The molecule has 96 valence electrons. The lowest BCUT2D eigenvalue weighted by molar-refractivity contribution is 0.235. The average Bonchev–Trinajstić information content (AvgIpc) is 2.58. The van der Waals surface area contributed by atoms with Crippen molar-refractivity contribution in [1.29, 1.82) is 5.41 Å². The average molecular weight is 236 g/mol. The first-order chi connectivity index (χ1) is 7.52. The van der Waals surface area contributed by atoms with Gasteiger partial charge in [0.15, 0.2) is 0 Å². The predicted molar refractivity (Wildman–Crippen MR) is 73.3 cm³/mol. The second-order valence-electron chi connectivity index (χ2n) is 5.05. The topological polar surface area (TPSA) is 51.5 Å². The first-order valence-corrected chi connectivity index (χ1v) is 5.88. The maximum atomic E-state index is 8.00. The summed E-state index contributed by atoms with van der Waals surface area (Å²) in [5.41, 5.74) is 1.31. The van der Waals surface area contributed by atoms with Crippen LogP contribution in [0.25, 0.3) is 0 Å². The van der Waals surface area contributed by atoms with E-state index in [1.54, 1.807) is 6.34 Å². The van der Waals surface area contributed by atoms with Crippen LogP contribution in [0.5, 0.6) is 0 Å². The highest BCUT2D eigenvalue weighted by atomic mass is 15.3. The van der Waals surface area contributed by atoms with Crippen LogP contribution in [-0.4, -0.2) is 29.3 Å². The summed E-state index contributed by atoms with van der Waals surface area (Å²) in [4.78, 5) is 6.73. The molecular weight excluding hydrogens is 212 g/mol. The van der Waals surface area contributed by atoms with E-state index in [1.165, 1.54) is 5.57 Å². The van der Waals surface area contributed by atoms with Crippen LogP contribution in [0, 0.1) is 17.2 Å². The lowest BCUT2D eigenvalue weighted by Crippen LogP contribution is -2.46. The van der Waals surface area contributed by atoms with Gasteiger partial charge in [-0.2, -0.15) is 0 Å². The molecule has 0 bridgehead atoms. The van der Waals surface area contributed by atoms with Gasteiger partial charge in [0.05, 0.1) is 12.3 Å². The van der Waals surface area contributed by atoms with Crippen LogP contribution < -0.4 is 5.32 Å².